The summed E-state index contributed by atoms with van der Waals surface area (Å²) >= 11 is 0. The number of aromatic hydroxyl groups is 2. The van der Waals surface area contributed by atoms with Crippen molar-refractivity contribution < 1.29 is 49.0 Å². The number of aliphatic carboxylic acids is 1. The van der Waals surface area contributed by atoms with Crippen LogP contribution in [0.3, 0.4) is 0 Å². The number of carbonyl (C=O) groups is 3. The molecule has 0 fully saturated rings. The maximum Gasteiger partial charge on any atom is 0.342 e. The largest absolute Gasteiger partial charge is 0.504 e. The van der Waals surface area contributed by atoms with Gasteiger partial charge in [0.25, 0.3) is 0 Å². The number of phenolic OH excluding ortho intramolecular Hbond substituents is 2. The number of allylic oxidation sites excluding steroid dienone is 2. The first kappa shape index (κ1) is 22.9. The molecule has 0 radical (unpaired) electrons. The summed E-state index contributed by atoms with van der Waals surface area (Å²) in [4.78, 5) is 36.5. The molecular formula is C22H22O10. The molecule has 2 aliphatic rings. The van der Waals surface area contributed by atoms with Crippen LogP contribution in [0.1, 0.15) is 29.3 Å². The smallest absolute Gasteiger partial charge is 0.342 e. The van der Waals surface area contributed by atoms with E-state index in [-0.39, 0.29) is 41.2 Å². The number of carboxylic acid groups (broad SMARTS) is 1. The number of ether oxygens (including phenoxy) is 3. The monoisotopic (exact) mass is 446 g/mol. The van der Waals surface area contributed by atoms with Crippen molar-refractivity contribution in [2.75, 3.05) is 13.7 Å². The zero-order valence-electron chi connectivity index (χ0n) is 17.5. The second kappa shape index (κ2) is 8.39. The minimum atomic E-state index is -2.06. The molecule has 0 saturated carbocycles. The number of phenols is 2. The van der Waals surface area contributed by atoms with Crippen LogP contribution in [-0.2, 0) is 19.1 Å². The Bertz CT molecular complexity index is 1090. The summed E-state index contributed by atoms with van der Waals surface area (Å²) in [6.45, 7) is 2.55. The van der Waals surface area contributed by atoms with Crippen molar-refractivity contribution >= 4 is 17.7 Å². The lowest BCUT2D eigenvalue weighted by Crippen LogP contribution is -2.53. The number of hydrogen-bond donors (Lipinski definition) is 4. The van der Waals surface area contributed by atoms with Crippen LogP contribution in [0.15, 0.2) is 41.2 Å². The van der Waals surface area contributed by atoms with E-state index in [2.05, 4.69) is 0 Å². The van der Waals surface area contributed by atoms with E-state index >= 15 is 0 Å². The number of carboxylic acids is 1. The van der Waals surface area contributed by atoms with E-state index in [0.717, 1.165) is 12.1 Å². The van der Waals surface area contributed by atoms with Gasteiger partial charge >= 0.3 is 11.9 Å². The summed E-state index contributed by atoms with van der Waals surface area (Å²) in [6.07, 6.45) is 2.21. The van der Waals surface area contributed by atoms with Gasteiger partial charge in [0, 0.05) is 18.1 Å². The van der Waals surface area contributed by atoms with Gasteiger partial charge in [-0.25, -0.2) is 9.59 Å². The van der Waals surface area contributed by atoms with Gasteiger partial charge in [0.1, 0.15) is 24.0 Å². The molecule has 1 aromatic carbocycles. The van der Waals surface area contributed by atoms with Gasteiger partial charge in [0.2, 0.25) is 5.75 Å². The number of benzene rings is 1. The molecule has 1 heterocycles. The van der Waals surface area contributed by atoms with Gasteiger partial charge in [-0.3, -0.25) is 4.79 Å². The number of esters is 1. The van der Waals surface area contributed by atoms with Crippen LogP contribution < -0.4 is 4.74 Å². The van der Waals surface area contributed by atoms with Crippen LogP contribution in [0, 0.1) is 6.92 Å². The van der Waals surface area contributed by atoms with Crippen LogP contribution in [0.5, 0.6) is 17.2 Å². The Balaban J connectivity index is 1.94. The highest BCUT2D eigenvalue weighted by Gasteiger charge is 2.49. The molecule has 32 heavy (non-hydrogen) atoms. The number of hydrogen-bond acceptors (Lipinski definition) is 9. The van der Waals surface area contributed by atoms with Crippen molar-refractivity contribution in [3.63, 3.8) is 0 Å². The number of rotatable bonds is 5. The first-order chi connectivity index (χ1) is 15.0. The van der Waals surface area contributed by atoms with Gasteiger partial charge in [-0.15, -0.1) is 0 Å². The minimum absolute atomic E-state index is 0.0426. The van der Waals surface area contributed by atoms with E-state index in [1.165, 1.54) is 33.1 Å². The van der Waals surface area contributed by atoms with Crippen LogP contribution in [0.2, 0.25) is 0 Å². The van der Waals surface area contributed by atoms with Gasteiger partial charge in [-0.1, -0.05) is 0 Å². The molecule has 0 aromatic heterocycles. The lowest BCUT2D eigenvalue weighted by molar-refractivity contribution is -0.146. The molecule has 0 unspecified atom stereocenters. The van der Waals surface area contributed by atoms with Crippen molar-refractivity contribution in [1.29, 1.82) is 0 Å². The Kier molecular flexibility index (Phi) is 6.00. The second-order valence-electron chi connectivity index (χ2n) is 7.55. The lowest BCUT2D eigenvalue weighted by Gasteiger charge is -2.38. The highest BCUT2D eigenvalue weighted by molar-refractivity contribution is 6.05. The fraction of sp³-hybridized carbons (Fsp3) is 0.318. The maximum absolute atomic E-state index is 12.9. The molecule has 1 aliphatic heterocycles. The van der Waals surface area contributed by atoms with Crippen molar-refractivity contribution in [2.45, 2.75) is 32.0 Å². The van der Waals surface area contributed by atoms with E-state index in [1.54, 1.807) is 0 Å². The van der Waals surface area contributed by atoms with Gasteiger partial charge in [0.05, 0.1) is 7.11 Å². The predicted octanol–water partition coefficient (Wildman–Crippen LogP) is 1.52. The zero-order chi connectivity index (χ0) is 23.8. The lowest BCUT2D eigenvalue weighted by atomic mass is 9.77. The number of ketones is 1. The third kappa shape index (κ3) is 4.04. The van der Waals surface area contributed by atoms with Crippen LogP contribution in [0.25, 0.3) is 0 Å². The highest BCUT2D eigenvalue weighted by atomic mass is 16.6. The van der Waals surface area contributed by atoms with Gasteiger partial charge in [-0.05, 0) is 43.2 Å². The fourth-order valence-corrected chi connectivity index (χ4v) is 3.60. The highest BCUT2D eigenvalue weighted by Crippen LogP contribution is 2.42. The third-order valence-electron chi connectivity index (χ3n) is 5.33. The summed E-state index contributed by atoms with van der Waals surface area (Å²) in [5.74, 6) is -4.08. The summed E-state index contributed by atoms with van der Waals surface area (Å²) < 4.78 is 15.9. The normalized spacial score (nSPS) is 22.8. The fourth-order valence-electron chi connectivity index (χ4n) is 3.60. The standard InChI is InChI=1S/C22H22O10/c1-10-6-14(23)18(26)19(30-3)17(10)21(28)32-15-8-11-7-12(4-5-16(24)25)31-9-13(11)20(27)22(15,2)29/h4-7,15,23,26,29H,8-9H2,1-3H3,(H,24,25)/t15-,22-/m0/s1. The Hall–Kier alpha value is -3.79. The average molecular weight is 446 g/mol. The van der Waals surface area contributed by atoms with Crippen molar-refractivity contribution in [3.8, 4) is 17.2 Å². The molecule has 0 bridgehead atoms. The molecule has 0 amide bonds. The van der Waals surface area contributed by atoms with Gasteiger partial charge in [0.15, 0.2) is 22.9 Å². The van der Waals surface area contributed by atoms with Crippen LogP contribution in [-0.4, -0.2) is 63.6 Å². The first-order valence-electron chi connectivity index (χ1n) is 9.52. The molecule has 10 heteroatoms. The molecule has 1 aliphatic carbocycles. The predicted molar refractivity (Wildman–Crippen MR) is 108 cm³/mol. The molecule has 2 atom stereocenters. The summed E-state index contributed by atoms with van der Waals surface area (Å²) in [5, 5.41) is 39.4. The van der Waals surface area contributed by atoms with Crippen LogP contribution >= 0.6 is 0 Å². The second-order valence-corrected chi connectivity index (χ2v) is 7.55. The van der Waals surface area contributed by atoms with E-state index in [4.69, 9.17) is 19.3 Å². The number of Topliss-reactive ketones (excluding diaryl/α,β-unsaturated/α-hetero) is 1. The van der Waals surface area contributed by atoms with Gasteiger partial charge in [-0.2, -0.15) is 0 Å². The molecule has 0 saturated heterocycles. The topological polar surface area (TPSA) is 160 Å². The Labute approximate surface area is 182 Å². The van der Waals surface area contributed by atoms with Gasteiger partial charge < -0.3 is 34.6 Å². The van der Waals surface area contributed by atoms with Crippen molar-refractivity contribution in [3.05, 3.63) is 52.3 Å². The molecule has 170 valence electrons. The van der Waals surface area contributed by atoms with Crippen molar-refractivity contribution in [1.82, 2.24) is 0 Å². The first-order valence-corrected chi connectivity index (χ1v) is 9.52. The van der Waals surface area contributed by atoms with E-state index in [1.807, 2.05) is 0 Å². The average Bonchev–Trinajstić information content (AvgIpc) is 2.72. The molecule has 4 N–H and O–H groups in total. The number of aliphatic hydroxyl groups is 1. The summed E-state index contributed by atoms with van der Waals surface area (Å²) in [7, 11) is 1.20. The van der Waals surface area contributed by atoms with Crippen LogP contribution in [0.4, 0.5) is 0 Å². The summed E-state index contributed by atoms with van der Waals surface area (Å²) in [5.41, 5.74) is -1.34. The number of aryl methyl sites for hydroxylation is 1. The maximum atomic E-state index is 12.9. The number of methoxy groups -OCH3 is 1. The molecule has 1 aromatic rings. The van der Waals surface area contributed by atoms with Crippen molar-refractivity contribution in [2.24, 2.45) is 0 Å². The summed E-state index contributed by atoms with van der Waals surface area (Å²) in [6, 6.07) is 1.15. The Morgan fingerprint density at radius 2 is 2.00 bits per heavy atom. The number of carbonyl (C=O) groups excluding carboxylic acids is 2. The molecule has 3 rings (SSSR count). The van der Waals surface area contributed by atoms with E-state index < -0.39 is 40.9 Å². The Morgan fingerprint density at radius 1 is 1.31 bits per heavy atom. The molecule has 0 spiro atoms. The van der Waals surface area contributed by atoms with E-state index in [9.17, 15) is 29.7 Å². The zero-order valence-corrected chi connectivity index (χ0v) is 17.5. The molecular weight excluding hydrogens is 424 g/mol. The SMILES string of the molecule is COc1c(O)c(O)cc(C)c1C(=O)O[C@H]1CC2=C(COC(C=CC(=O)O)=C2)C(=O)[C@@]1(C)O. The Morgan fingerprint density at radius 3 is 2.62 bits per heavy atom. The molecule has 10 nitrogen and oxygen atoms in total. The van der Waals surface area contributed by atoms with E-state index in [0.29, 0.717) is 5.57 Å². The minimum Gasteiger partial charge on any atom is -0.504 e. The quantitative estimate of drug-likeness (QED) is 0.297. The third-order valence-corrected chi connectivity index (χ3v) is 5.33.